The summed E-state index contributed by atoms with van der Waals surface area (Å²) in [6.45, 7) is 0. The van der Waals surface area contributed by atoms with Crippen LogP contribution >= 0.6 is 12.6 Å². The van der Waals surface area contributed by atoms with Gasteiger partial charge in [0.15, 0.2) is 5.60 Å². The molecule has 0 aromatic rings. The van der Waals surface area contributed by atoms with E-state index in [-0.39, 0.29) is 0 Å². The molecule has 0 saturated heterocycles. The van der Waals surface area contributed by atoms with Gasteiger partial charge >= 0.3 is 17.9 Å². The van der Waals surface area contributed by atoms with Crippen LogP contribution in [0.5, 0.6) is 0 Å². The molecule has 0 fully saturated rings. The summed E-state index contributed by atoms with van der Waals surface area (Å²) < 4.78 is 0. The Morgan fingerprint density at radius 2 is 1.38 bits per heavy atom. The van der Waals surface area contributed by atoms with E-state index < -0.39 is 36.4 Å². The smallest absolute Gasteiger partial charge is 0.336 e. The standard InChI is InChI=1S/C6H8O7.CHNS/c7-3(8)1-6(13,5(11)12)2-4(9)10;2-1-3/h13H,1-2H2,(H,7,8)(H,9,10)(H,11,12);3H. The molecule has 0 atom stereocenters. The molecule has 0 spiro atoms. The number of nitriles is 1. The highest BCUT2D eigenvalue weighted by molar-refractivity contribution is 7.85. The Morgan fingerprint density at radius 3 is 1.50 bits per heavy atom. The number of carboxylic acid groups (broad SMARTS) is 3. The number of aliphatic hydroxyl groups is 1. The molecule has 0 amide bonds. The molecule has 90 valence electrons. The summed E-state index contributed by atoms with van der Waals surface area (Å²) in [5.41, 5.74) is -2.74. The van der Waals surface area contributed by atoms with Gasteiger partial charge in [-0.25, -0.2) is 4.79 Å². The molecule has 9 heteroatoms. The van der Waals surface area contributed by atoms with Crippen LogP contribution in [0.15, 0.2) is 0 Å². The van der Waals surface area contributed by atoms with E-state index in [0.29, 0.717) is 0 Å². The van der Waals surface area contributed by atoms with Crippen LogP contribution in [-0.2, 0) is 14.4 Å². The van der Waals surface area contributed by atoms with Crippen LogP contribution in [0, 0.1) is 10.7 Å². The van der Waals surface area contributed by atoms with Gasteiger partial charge in [-0.05, 0) is 0 Å². The zero-order chi connectivity index (χ0) is 13.4. The molecule has 0 heterocycles. The number of thiocyanates is 1. The fourth-order valence-corrected chi connectivity index (χ4v) is 0.714. The first-order chi connectivity index (χ1) is 7.19. The fraction of sp³-hybridized carbons (Fsp3) is 0.429. The lowest BCUT2D eigenvalue weighted by Gasteiger charge is -2.18. The van der Waals surface area contributed by atoms with Gasteiger partial charge in [-0.15, -0.1) is 0 Å². The van der Waals surface area contributed by atoms with E-state index in [1.54, 1.807) is 0 Å². The van der Waals surface area contributed by atoms with Crippen molar-refractivity contribution in [3.8, 4) is 5.40 Å². The largest absolute Gasteiger partial charge is 0.481 e. The molecular formula is C7H9NO7S. The van der Waals surface area contributed by atoms with Crippen LogP contribution in [0.25, 0.3) is 0 Å². The van der Waals surface area contributed by atoms with Crippen LogP contribution in [0.3, 0.4) is 0 Å². The van der Waals surface area contributed by atoms with Crippen LogP contribution in [0.1, 0.15) is 12.8 Å². The van der Waals surface area contributed by atoms with Crippen molar-refractivity contribution >= 4 is 30.5 Å². The third kappa shape index (κ3) is 7.60. The average Bonchev–Trinajstić information content (AvgIpc) is 2.01. The lowest BCUT2D eigenvalue weighted by Crippen LogP contribution is -2.42. The van der Waals surface area contributed by atoms with E-state index in [0.717, 1.165) is 0 Å². The van der Waals surface area contributed by atoms with Crippen molar-refractivity contribution in [2.45, 2.75) is 18.4 Å². The fourth-order valence-electron chi connectivity index (χ4n) is 0.714. The summed E-state index contributed by atoms with van der Waals surface area (Å²) >= 11 is 3.09. The summed E-state index contributed by atoms with van der Waals surface area (Å²) in [6.07, 6.45) is -2.29. The molecule has 16 heavy (non-hydrogen) atoms. The number of hydrogen-bond donors (Lipinski definition) is 5. The molecule has 0 aliphatic carbocycles. The van der Waals surface area contributed by atoms with Crippen molar-refractivity contribution in [2.75, 3.05) is 0 Å². The topological polar surface area (TPSA) is 156 Å². The highest BCUT2D eigenvalue weighted by Gasteiger charge is 2.40. The highest BCUT2D eigenvalue weighted by Crippen LogP contribution is 2.15. The molecule has 0 aliphatic heterocycles. The second-order valence-electron chi connectivity index (χ2n) is 2.58. The molecule has 0 unspecified atom stereocenters. The Labute approximate surface area is 95.1 Å². The molecule has 0 aliphatic rings. The van der Waals surface area contributed by atoms with E-state index in [2.05, 4.69) is 12.6 Å². The first-order valence-electron chi connectivity index (χ1n) is 3.62. The Morgan fingerprint density at radius 1 is 1.12 bits per heavy atom. The zero-order valence-corrected chi connectivity index (χ0v) is 8.72. The minimum Gasteiger partial charge on any atom is -0.481 e. The van der Waals surface area contributed by atoms with Crippen LogP contribution in [0.2, 0.25) is 0 Å². The first-order valence-corrected chi connectivity index (χ1v) is 4.07. The highest BCUT2D eigenvalue weighted by atomic mass is 32.1. The molecule has 0 radical (unpaired) electrons. The van der Waals surface area contributed by atoms with Crippen LogP contribution in [0.4, 0.5) is 0 Å². The Bertz CT molecular complexity index is 305. The normalized spacial score (nSPS) is 9.31. The summed E-state index contributed by atoms with van der Waals surface area (Å²) in [5.74, 6) is -5.02. The van der Waals surface area contributed by atoms with Gasteiger partial charge in [0.05, 0.1) is 12.8 Å². The Hall–Kier alpha value is -1.79. The Kier molecular flexibility index (Phi) is 7.79. The molecular weight excluding hydrogens is 242 g/mol. The molecule has 0 rings (SSSR count). The number of hydrogen-bond acceptors (Lipinski definition) is 6. The number of aliphatic carboxylic acids is 3. The minimum absolute atomic E-state index is 1.14. The van der Waals surface area contributed by atoms with Crippen molar-refractivity contribution in [3.63, 3.8) is 0 Å². The van der Waals surface area contributed by atoms with Crippen LogP contribution < -0.4 is 0 Å². The van der Waals surface area contributed by atoms with Gasteiger partial charge in [-0.1, -0.05) is 12.6 Å². The van der Waals surface area contributed by atoms with E-state index in [1.165, 1.54) is 5.40 Å². The van der Waals surface area contributed by atoms with Gasteiger partial charge in [0.1, 0.15) is 5.40 Å². The monoisotopic (exact) mass is 251 g/mol. The quantitative estimate of drug-likeness (QED) is 0.312. The minimum atomic E-state index is -2.74. The maximum Gasteiger partial charge on any atom is 0.336 e. The molecule has 0 bridgehead atoms. The number of carboxylic acids is 3. The average molecular weight is 251 g/mol. The second-order valence-corrected chi connectivity index (χ2v) is 2.78. The van der Waals surface area contributed by atoms with Gasteiger partial charge in [0.2, 0.25) is 0 Å². The van der Waals surface area contributed by atoms with Crippen molar-refractivity contribution in [1.29, 1.82) is 5.26 Å². The third-order valence-electron chi connectivity index (χ3n) is 1.29. The lowest BCUT2D eigenvalue weighted by atomic mass is 9.96. The third-order valence-corrected chi connectivity index (χ3v) is 1.29. The number of thiol groups is 1. The maximum absolute atomic E-state index is 10.3. The number of carbonyl (C=O) groups is 3. The van der Waals surface area contributed by atoms with E-state index in [4.69, 9.17) is 25.7 Å². The van der Waals surface area contributed by atoms with Crippen molar-refractivity contribution in [2.24, 2.45) is 0 Å². The first kappa shape index (κ1) is 16.6. The molecule has 0 aromatic heterocycles. The number of nitrogens with zero attached hydrogens (tertiary/aromatic N) is 1. The predicted octanol–water partition coefficient (Wildman–Crippen LogP) is -0.851. The van der Waals surface area contributed by atoms with Gasteiger partial charge in [-0.3, -0.25) is 9.59 Å². The molecule has 0 saturated carbocycles. The number of rotatable bonds is 5. The Balaban J connectivity index is 0. The maximum atomic E-state index is 10.3. The molecule has 8 nitrogen and oxygen atoms in total. The SMILES string of the molecule is N#CS.O=C(O)CC(O)(CC(=O)O)C(=O)O. The lowest BCUT2D eigenvalue weighted by molar-refractivity contribution is -0.170. The van der Waals surface area contributed by atoms with Crippen molar-refractivity contribution in [1.82, 2.24) is 0 Å². The van der Waals surface area contributed by atoms with E-state index >= 15 is 0 Å². The van der Waals surface area contributed by atoms with Crippen molar-refractivity contribution in [3.05, 3.63) is 0 Å². The van der Waals surface area contributed by atoms with Gasteiger partial charge in [-0.2, -0.15) is 5.26 Å². The summed E-state index contributed by atoms with van der Waals surface area (Å²) in [6, 6.07) is 0. The van der Waals surface area contributed by atoms with Gasteiger partial charge in [0, 0.05) is 0 Å². The van der Waals surface area contributed by atoms with Gasteiger partial charge in [0.25, 0.3) is 0 Å². The zero-order valence-electron chi connectivity index (χ0n) is 7.82. The molecule has 4 N–H and O–H groups in total. The second kappa shape index (κ2) is 7.49. The summed E-state index contributed by atoms with van der Waals surface area (Å²) in [7, 11) is 0. The summed E-state index contributed by atoms with van der Waals surface area (Å²) in [4.78, 5) is 30.5. The van der Waals surface area contributed by atoms with E-state index in [1.807, 2.05) is 0 Å². The van der Waals surface area contributed by atoms with Crippen LogP contribution in [-0.4, -0.2) is 43.9 Å². The van der Waals surface area contributed by atoms with E-state index in [9.17, 15) is 14.4 Å². The molecule has 0 aromatic carbocycles. The van der Waals surface area contributed by atoms with Crippen molar-refractivity contribution < 1.29 is 34.8 Å². The van der Waals surface area contributed by atoms with Gasteiger partial charge < -0.3 is 20.4 Å². The predicted molar refractivity (Wildman–Crippen MR) is 51.7 cm³/mol. The summed E-state index contributed by atoms with van der Waals surface area (Å²) in [5, 5.41) is 42.4.